The van der Waals surface area contributed by atoms with Crippen molar-refractivity contribution in [2.75, 3.05) is 45.0 Å². The number of aliphatic imine (C=N–C) groups is 1. The molecule has 0 radical (unpaired) electrons. The normalized spacial score (nSPS) is 15.6. The summed E-state index contributed by atoms with van der Waals surface area (Å²) in [5.41, 5.74) is 0.917. The van der Waals surface area contributed by atoms with Gasteiger partial charge in [-0.25, -0.2) is 12.8 Å². The van der Waals surface area contributed by atoms with Gasteiger partial charge in [-0.2, -0.15) is 0 Å². The lowest BCUT2D eigenvalue weighted by molar-refractivity contribution is 0.169. The Morgan fingerprint density at radius 2 is 1.97 bits per heavy atom. The molecule has 1 fully saturated rings. The predicted octanol–water partition coefficient (Wildman–Crippen LogP) is 2.30. The average molecular weight is 565 g/mol. The maximum atomic E-state index is 13.8. The zero-order valence-corrected chi connectivity index (χ0v) is 20.9. The number of piperazine rings is 1. The molecule has 1 aliphatic heterocycles. The fraction of sp³-hybridized carbons (Fsp3) is 0.500. The lowest BCUT2D eigenvalue weighted by Crippen LogP contribution is -2.52. The van der Waals surface area contributed by atoms with Gasteiger partial charge in [0.05, 0.1) is 18.0 Å². The number of aromatic nitrogens is 1. The average Bonchev–Trinajstić information content (AvgIpc) is 3.13. The summed E-state index contributed by atoms with van der Waals surface area (Å²) in [4.78, 5) is 8.60. The molecule has 0 atom stereocenters. The zero-order valence-electron chi connectivity index (χ0n) is 17.8. The molecule has 0 unspecified atom stereocenters. The molecule has 8 nitrogen and oxygen atoms in total. The van der Waals surface area contributed by atoms with Crippen LogP contribution in [-0.2, 0) is 16.4 Å². The van der Waals surface area contributed by atoms with Crippen LogP contribution in [0.3, 0.4) is 0 Å². The first-order valence-corrected chi connectivity index (χ1v) is 11.7. The number of nitrogens with zero attached hydrogens (tertiary/aromatic N) is 4. The molecule has 0 spiro atoms. The van der Waals surface area contributed by atoms with E-state index in [1.807, 2.05) is 19.9 Å². The predicted molar refractivity (Wildman–Crippen MR) is 128 cm³/mol. The Balaban J connectivity index is 0.00000341. The van der Waals surface area contributed by atoms with Gasteiger partial charge in [0.15, 0.2) is 15.8 Å². The molecule has 1 aromatic heterocycles. The van der Waals surface area contributed by atoms with Gasteiger partial charge in [0.1, 0.15) is 16.5 Å². The van der Waals surface area contributed by atoms with E-state index in [0.29, 0.717) is 12.5 Å². The first kappa shape index (κ1) is 25.5. The van der Waals surface area contributed by atoms with Gasteiger partial charge in [-0.15, -0.1) is 24.0 Å². The highest BCUT2D eigenvalue weighted by molar-refractivity contribution is 14.0. The smallest absolute Gasteiger partial charge is 0.194 e. The fourth-order valence-electron chi connectivity index (χ4n) is 3.34. The number of benzene rings is 1. The van der Waals surface area contributed by atoms with Gasteiger partial charge in [-0.3, -0.25) is 9.89 Å². The molecule has 0 saturated carbocycles. The van der Waals surface area contributed by atoms with E-state index in [4.69, 9.17) is 4.52 Å². The first-order valence-electron chi connectivity index (χ1n) is 10.0. The van der Waals surface area contributed by atoms with Crippen LogP contribution in [0.4, 0.5) is 4.39 Å². The molecule has 1 aliphatic rings. The van der Waals surface area contributed by atoms with Crippen molar-refractivity contribution in [3.63, 3.8) is 0 Å². The highest BCUT2D eigenvalue weighted by Crippen LogP contribution is 2.15. The van der Waals surface area contributed by atoms with Crippen LogP contribution in [0.1, 0.15) is 18.4 Å². The Morgan fingerprint density at radius 3 is 2.58 bits per heavy atom. The van der Waals surface area contributed by atoms with Gasteiger partial charge in [-0.1, -0.05) is 17.3 Å². The number of hydrogen-bond donors (Lipinski definition) is 1. The van der Waals surface area contributed by atoms with Crippen molar-refractivity contribution in [2.45, 2.75) is 25.3 Å². The van der Waals surface area contributed by atoms with Crippen LogP contribution in [0.2, 0.25) is 0 Å². The van der Waals surface area contributed by atoms with E-state index in [1.165, 1.54) is 18.2 Å². The Hall–Kier alpha value is -1.73. The number of aryl methyl sites for hydroxylation is 1. The Bertz CT molecular complexity index is 975. The SMILES string of the molecule is CCNC(=NCCS(=O)(=O)c1ccccc1F)N1CCN(Cc2cc(C)on2)CC1.I. The highest BCUT2D eigenvalue weighted by atomic mass is 127. The molecule has 2 aromatic rings. The molecule has 3 rings (SSSR count). The molecule has 0 bridgehead atoms. The standard InChI is InChI=1S/C20H28FN5O3S.HI/c1-3-22-20(23-8-13-30(27,28)19-7-5-4-6-18(19)21)26-11-9-25(10-12-26)15-17-14-16(2)29-24-17;/h4-7,14H,3,8-13,15H2,1-2H3,(H,22,23);1H. The van der Waals surface area contributed by atoms with Gasteiger partial charge in [0, 0.05) is 45.3 Å². The summed E-state index contributed by atoms with van der Waals surface area (Å²) < 4.78 is 43.8. The van der Waals surface area contributed by atoms with Crippen LogP contribution in [0.25, 0.3) is 0 Å². The summed E-state index contributed by atoms with van der Waals surface area (Å²) in [5.74, 6) is 0.509. The molecule has 2 heterocycles. The van der Waals surface area contributed by atoms with E-state index in [0.717, 1.165) is 50.2 Å². The second kappa shape index (κ2) is 11.8. The minimum atomic E-state index is -3.73. The van der Waals surface area contributed by atoms with E-state index in [-0.39, 0.29) is 41.2 Å². The number of halogens is 2. The maximum Gasteiger partial charge on any atom is 0.194 e. The molecule has 172 valence electrons. The van der Waals surface area contributed by atoms with Crippen LogP contribution < -0.4 is 5.32 Å². The summed E-state index contributed by atoms with van der Waals surface area (Å²) >= 11 is 0. The molecular weight excluding hydrogens is 536 g/mol. The Kier molecular flexibility index (Phi) is 9.69. The monoisotopic (exact) mass is 565 g/mol. The van der Waals surface area contributed by atoms with Crippen molar-refractivity contribution < 1.29 is 17.3 Å². The summed E-state index contributed by atoms with van der Waals surface area (Å²) in [6.45, 7) is 8.53. The maximum absolute atomic E-state index is 13.8. The van der Waals surface area contributed by atoms with Crippen molar-refractivity contribution in [3.8, 4) is 0 Å². The summed E-state index contributed by atoms with van der Waals surface area (Å²) in [6.07, 6.45) is 0. The van der Waals surface area contributed by atoms with Gasteiger partial charge < -0.3 is 14.7 Å². The molecule has 1 N–H and O–H groups in total. The van der Waals surface area contributed by atoms with E-state index in [1.54, 1.807) is 0 Å². The summed E-state index contributed by atoms with van der Waals surface area (Å²) in [6, 6.07) is 7.37. The van der Waals surface area contributed by atoms with E-state index >= 15 is 0 Å². The van der Waals surface area contributed by atoms with Crippen LogP contribution in [0, 0.1) is 12.7 Å². The quantitative estimate of drug-likeness (QED) is 0.313. The topological polar surface area (TPSA) is 91.0 Å². The number of nitrogens with one attached hydrogen (secondary N) is 1. The molecule has 11 heteroatoms. The van der Waals surface area contributed by atoms with Crippen LogP contribution >= 0.6 is 24.0 Å². The number of guanidine groups is 1. The fourth-order valence-corrected chi connectivity index (χ4v) is 4.55. The van der Waals surface area contributed by atoms with Crippen molar-refractivity contribution >= 4 is 39.8 Å². The second-order valence-electron chi connectivity index (χ2n) is 7.18. The third-order valence-electron chi connectivity index (χ3n) is 4.86. The zero-order chi connectivity index (χ0) is 21.6. The lowest BCUT2D eigenvalue weighted by Gasteiger charge is -2.36. The molecular formula is C20H29FIN5O3S. The second-order valence-corrected chi connectivity index (χ2v) is 9.25. The minimum absolute atomic E-state index is 0. The molecule has 1 saturated heterocycles. The van der Waals surface area contributed by atoms with Crippen molar-refractivity contribution in [1.82, 2.24) is 20.3 Å². The minimum Gasteiger partial charge on any atom is -0.361 e. The van der Waals surface area contributed by atoms with Gasteiger partial charge in [0.2, 0.25) is 0 Å². The highest BCUT2D eigenvalue weighted by Gasteiger charge is 2.22. The van der Waals surface area contributed by atoms with E-state index in [9.17, 15) is 12.8 Å². The van der Waals surface area contributed by atoms with Crippen molar-refractivity contribution in [3.05, 3.63) is 47.6 Å². The number of sulfone groups is 1. The van der Waals surface area contributed by atoms with Crippen molar-refractivity contribution in [2.24, 2.45) is 4.99 Å². The van der Waals surface area contributed by atoms with Gasteiger partial charge in [0.25, 0.3) is 0 Å². The Labute approximate surface area is 199 Å². The molecule has 0 aliphatic carbocycles. The van der Waals surface area contributed by atoms with E-state index < -0.39 is 15.7 Å². The van der Waals surface area contributed by atoms with Crippen molar-refractivity contribution in [1.29, 1.82) is 0 Å². The first-order chi connectivity index (χ1) is 14.4. The van der Waals surface area contributed by atoms with Gasteiger partial charge >= 0.3 is 0 Å². The van der Waals surface area contributed by atoms with E-state index in [2.05, 4.69) is 25.3 Å². The third-order valence-corrected chi connectivity index (χ3v) is 6.58. The number of rotatable bonds is 7. The Morgan fingerprint density at radius 1 is 1.26 bits per heavy atom. The molecule has 1 aromatic carbocycles. The summed E-state index contributed by atoms with van der Waals surface area (Å²) in [5, 5.41) is 7.26. The third kappa shape index (κ3) is 7.14. The van der Waals surface area contributed by atoms with Gasteiger partial charge in [-0.05, 0) is 26.0 Å². The molecule has 31 heavy (non-hydrogen) atoms. The number of hydrogen-bond acceptors (Lipinski definition) is 6. The largest absolute Gasteiger partial charge is 0.361 e. The van der Waals surface area contributed by atoms with Crippen LogP contribution in [0.15, 0.2) is 44.7 Å². The summed E-state index contributed by atoms with van der Waals surface area (Å²) in [7, 11) is -3.73. The van der Waals surface area contributed by atoms with Crippen LogP contribution in [0.5, 0.6) is 0 Å². The molecule has 0 amide bonds. The lowest BCUT2D eigenvalue weighted by atomic mass is 10.3. The van der Waals surface area contributed by atoms with Crippen LogP contribution in [-0.4, -0.2) is 74.4 Å².